The molecule has 0 atom stereocenters. The van der Waals surface area contributed by atoms with Gasteiger partial charge in [-0.25, -0.2) is 9.78 Å². The van der Waals surface area contributed by atoms with Gasteiger partial charge < -0.3 is 10.4 Å². The third-order valence-corrected chi connectivity index (χ3v) is 3.37. The van der Waals surface area contributed by atoms with Gasteiger partial charge in [-0.3, -0.25) is 0 Å². The number of carboxylic acids is 1. The highest BCUT2D eigenvalue weighted by molar-refractivity contribution is 5.88. The zero-order chi connectivity index (χ0) is 12.3. The molecule has 92 valence electrons. The van der Waals surface area contributed by atoms with Crippen LogP contribution in [0, 0.1) is 5.92 Å². The highest BCUT2D eigenvalue weighted by Gasteiger charge is 2.18. The van der Waals surface area contributed by atoms with Crippen LogP contribution in [0.4, 0.5) is 5.82 Å². The average Bonchev–Trinajstić information content (AvgIpc) is 2.32. The molecule has 1 aromatic rings. The van der Waals surface area contributed by atoms with Gasteiger partial charge in [0, 0.05) is 12.2 Å². The van der Waals surface area contributed by atoms with E-state index in [9.17, 15) is 4.79 Å². The zero-order valence-electron chi connectivity index (χ0n) is 10.0. The smallest absolute Gasteiger partial charge is 0.335 e. The molecule has 2 rings (SSSR count). The molecule has 17 heavy (non-hydrogen) atoms. The number of nitrogens with one attached hydrogen (secondary N) is 1. The van der Waals surface area contributed by atoms with E-state index in [1.54, 1.807) is 6.07 Å². The van der Waals surface area contributed by atoms with Gasteiger partial charge >= 0.3 is 5.97 Å². The third-order valence-electron chi connectivity index (χ3n) is 3.37. The van der Waals surface area contributed by atoms with Crippen LogP contribution in [0.3, 0.4) is 0 Å². The number of anilines is 1. The first-order valence-corrected chi connectivity index (χ1v) is 6.11. The fourth-order valence-electron chi connectivity index (χ4n) is 2.26. The van der Waals surface area contributed by atoms with Crippen molar-refractivity contribution in [2.75, 3.05) is 5.32 Å². The molecular formula is C13H18N2O2. The van der Waals surface area contributed by atoms with Crippen LogP contribution in [0.5, 0.6) is 0 Å². The number of hydrogen-bond donors (Lipinski definition) is 2. The van der Waals surface area contributed by atoms with E-state index in [-0.39, 0.29) is 5.56 Å². The Labute approximate surface area is 101 Å². The van der Waals surface area contributed by atoms with Crippen LogP contribution in [0.15, 0.2) is 18.3 Å². The Kier molecular flexibility index (Phi) is 3.61. The van der Waals surface area contributed by atoms with E-state index in [1.807, 2.05) is 0 Å². The molecule has 1 heterocycles. The van der Waals surface area contributed by atoms with E-state index < -0.39 is 5.97 Å². The lowest BCUT2D eigenvalue weighted by Gasteiger charge is -2.27. The molecule has 0 bridgehead atoms. The summed E-state index contributed by atoms with van der Waals surface area (Å²) in [5.41, 5.74) is 0.284. The van der Waals surface area contributed by atoms with Crippen LogP contribution in [0.1, 0.15) is 43.0 Å². The summed E-state index contributed by atoms with van der Waals surface area (Å²) in [5.74, 6) is 0.573. The van der Waals surface area contributed by atoms with E-state index in [0.717, 1.165) is 18.8 Å². The lowest BCUT2D eigenvalue weighted by atomic mass is 9.87. The van der Waals surface area contributed by atoms with E-state index in [4.69, 9.17) is 5.11 Å². The molecule has 4 heteroatoms. The number of aromatic nitrogens is 1. The molecule has 0 spiro atoms. The standard InChI is InChI=1S/C13H18N2O2/c1-9-2-4-11(5-3-9)15-12-8-10(13(16)17)6-7-14-12/h6-9,11H,2-5H2,1H3,(H,14,15)(H,16,17). The van der Waals surface area contributed by atoms with Crippen molar-refractivity contribution in [3.05, 3.63) is 23.9 Å². The molecule has 0 amide bonds. The summed E-state index contributed by atoms with van der Waals surface area (Å²) in [7, 11) is 0. The molecule has 0 unspecified atom stereocenters. The summed E-state index contributed by atoms with van der Waals surface area (Å²) >= 11 is 0. The van der Waals surface area contributed by atoms with Crippen LogP contribution in [-0.2, 0) is 0 Å². The molecule has 1 aliphatic rings. The first-order valence-electron chi connectivity index (χ1n) is 6.11. The van der Waals surface area contributed by atoms with Crippen molar-refractivity contribution < 1.29 is 9.90 Å². The summed E-state index contributed by atoms with van der Waals surface area (Å²) < 4.78 is 0. The maximum absolute atomic E-state index is 10.8. The minimum Gasteiger partial charge on any atom is -0.478 e. The van der Waals surface area contributed by atoms with Gasteiger partial charge in [0.25, 0.3) is 0 Å². The van der Waals surface area contributed by atoms with Gasteiger partial charge in [0.1, 0.15) is 5.82 Å². The van der Waals surface area contributed by atoms with Crippen molar-refractivity contribution in [2.45, 2.75) is 38.6 Å². The molecule has 0 aromatic carbocycles. The van der Waals surface area contributed by atoms with Crippen molar-refractivity contribution in [1.82, 2.24) is 4.98 Å². The number of aromatic carboxylic acids is 1. The first kappa shape index (κ1) is 11.9. The van der Waals surface area contributed by atoms with Gasteiger partial charge in [0.2, 0.25) is 0 Å². The number of carboxylic acid groups (broad SMARTS) is 1. The average molecular weight is 234 g/mol. The Hall–Kier alpha value is -1.58. The Morgan fingerprint density at radius 3 is 2.76 bits per heavy atom. The number of nitrogens with zero attached hydrogens (tertiary/aromatic N) is 1. The Bertz CT molecular complexity index is 398. The second-order valence-corrected chi connectivity index (χ2v) is 4.84. The normalized spacial score (nSPS) is 24.3. The van der Waals surface area contributed by atoms with E-state index in [2.05, 4.69) is 17.2 Å². The lowest BCUT2D eigenvalue weighted by molar-refractivity contribution is 0.0697. The zero-order valence-corrected chi connectivity index (χ0v) is 10.0. The number of carbonyl (C=O) groups is 1. The molecular weight excluding hydrogens is 216 g/mol. The van der Waals surface area contributed by atoms with Crippen LogP contribution < -0.4 is 5.32 Å². The topological polar surface area (TPSA) is 62.2 Å². The largest absolute Gasteiger partial charge is 0.478 e. The van der Waals surface area contributed by atoms with Gasteiger partial charge in [-0.15, -0.1) is 0 Å². The molecule has 1 aromatic heterocycles. The maximum atomic E-state index is 10.8. The highest BCUT2D eigenvalue weighted by atomic mass is 16.4. The second-order valence-electron chi connectivity index (χ2n) is 4.84. The Balaban J connectivity index is 1.98. The Morgan fingerprint density at radius 1 is 1.41 bits per heavy atom. The number of pyridine rings is 1. The summed E-state index contributed by atoms with van der Waals surface area (Å²) in [4.78, 5) is 15.0. The fourth-order valence-corrected chi connectivity index (χ4v) is 2.26. The Morgan fingerprint density at radius 2 is 2.12 bits per heavy atom. The molecule has 1 aliphatic carbocycles. The van der Waals surface area contributed by atoms with Gasteiger partial charge in [0.05, 0.1) is 5.56 Å². The minimum absolute atomic E-state index is 0.284. The molecule has 0 saturated heterocycles. The van der Waals surface area contributed by atoms with Crippen LogP contribution >= 0.6 is 0 Å². The molecule has 0 aliphatic heterocycles. The predicted octanol–water partition coefficient (Wildman–Crippen LogP) is 2.77. The SMILES string of the molecule is CC1CCC(Nc2cc(C(=O)O)ccn2)CC1. The molecule has 4 nitrogen and oxygen atoms in total. The molecule has 1 saturated carbocycles. The summed E-state index contributed by atoms with van der Waals surface area (Å²) in [6.45, 7) is 2.28. The molecule has 1 fully saturated rings. The third kappa shape index (κ3) is 3.19. The van der Waals surface area contributed by atoms with E-state index in [1.165, 1.54) is 25.1 Å². The van der Waals surface area contributed by atoms with E-state index in [0.29, 0.717) is 11.9 Å². The van der Waals surface area contributed by atoms with Crippen molar-refractivity contribution in [2.24, 2.45) is 5.92 Å². The lowest BCUT2D eigenvalue weighted by Crippen LogP contribution is -2.25. The van der Waals surface area contributed by atoms with E-state index >= 15 is 0 Å². The summed E-state index contributed by atoms with van der Waals surface area (Å²) in [5, 5.41) is 12.2. The highest BCUT2D eigenvalue weighted by Crippen LogP contribution is 2.25. The van der Waals surface area contributed by atoms with Crippen molar-refractivity contribution in [3.8, 4) is 0 Å². The van der Waals surface area contributed by atoms with Gasteiger partial charge in [-0.05, 0) is 43.7 Å². The van der Waals surface area contributed by atoms with Crippen LogP contribution in [0.25, 0.3) is 0 Å². The number of rotatable bonds is 3. The van der Waals surface area contributed by atoms with Gasteiger partial charge in [-0.1, -0.05) is 6.92 Å². The second kappa shape index (κ2) is 5.17. The minimum atomic E-state index is -0.910. The van der Waals surface area contributed by atoms with Crippen molar-refractivity contribution >= 4 is 11.8 Å². The number of hydrogen-bond acceptors (Lipinski definition) is 3. The fraction of sp³-hybridized carbons (Fsp3) is 0.538. The van der Waals surface area contributed by atoms with Crippen molar-refractivity contribution in [3.63, 3.8) is 0 Å². The summed E-state index contributed by atoms with van der Waals surface area (Å²) in [6, 6.07) is 3.54. The molecule has 0 radical (unpaired) electrons. The first-order chi connectivity index (χ1) is 8.15. The predicted molar refractivity (Wildman–Crippen MR) is 66.2 cm³/mol. The van der Waals surface area contributed by atoms with Crippen molar-refractivity contribution in [1.29, 1.82) is 0 Å². The van der Waals surface area contributed by atoms with Gasteiger partial charge in [-0.2, -0.15) is 0 Å². The van der Waals surface area contributed by atoms with Crippen LogP contribution in [0.2, 0.25) is 0 Å². The monoisotopic (exact) mass is 234 g/mol. The quantitative estimate of drug-likeness (QED) is 0.844. The van der Waals surface area contributed by atoms with Gasteiger partial charge in [0.15, 0.2) is 0 Å². The van der Waals surface area contributed by atoms with Crippen LogP contribution in [-0.4, -0.2) is 22.1 Å². The molecule has 2 N–H and O–H groups in total. The maximum Gasteiger partial charge on any atom is 0.335 e. The summed E-state index contributed by atoms with van der Waals surface area (Å²) in [6.07, 6.45) is 6.28.